The van der Waals surface area contributed by atoms with Crippen molar-refractivity contribution in [3.8, 4) is 0 Å². The van der Waals surface area contributed by atoms with E-state index in [1.807, 2.05) is 40.7 Å². The molecular formula is C13H28O4Si. The molecule has 18 heavy (non-hydrogen) atoms. The molecule has 0 aliphatic rings. The Kier molecular flexibility index (Phi) is 10.3. The Labute approximate surface area is 113 Å². The highest BCUT2D eigenvalue weighted by atomic mass is 28.4. The molecule has 0 aromatic rings. The van der Waals surface area contributed by atoms with Gasteiger partial charge in [0.15, 0.2) is 0 Å². The first-order valence-electron chi connectivity index (χ1n) is 6.82. The summed E-state index contributed by atoms with van der Waals surface area (Å²) in [6.07, 6.45) is 4.62. The van der Waals surface area contributed by atoms with E-state index in [1.54, 1.807) is 6.26 Å². The minimum Gasteiger partial charge on any atom is -0.499 e. The fraction of sp³-hybridized carbons (Fsp3) is 0.846. The number of allylic oxidation sites excluding steroid dienone is 1. The SMILES string of the molecule is C/C=C\OC(C)CC[Si](OCC)(OCC)OCC. The van der Waals surface area contributed by atoms with E-state index >= 15 is 0 Å². The maximum atomic E-state index is 5.79. The quantitative estimate of drug-likeness (QED) is 0.428. The minimum absolute atomic E-state index is 0.148. The lowest BCUT2D eigenvalue weighted by Gasteiger charge is -2.29. The molecule has 0 aliphatic heterocycles. The zero-order valence-corrected chi connectivity index (χ0v) is 13.4. The zero-order valence-electron chi connectivity index (χ0n) is 12.4. The van der Waals surface area contributed by atoms with Gasteiger partial charge in [0.05, 0.1) is 12.4 Å². The minimum atomic E-state index is -2.50. The highest BCUT2D eigenvalue weighted by molar-refractivity contribution is 6.60. The van der Waals surface area contributed by atoms with Crippen LogP contribution in [0.15, 0.2) is 12.3 Å². The molecule has 1 atom stereocenters. The summed E-state index contributed by atoms with van der Waals surface area (Å²) in [4.78, 5) is 0. The Morgan fingerprint density at radius 3 is 1.89 bits per heavy atom. The van der Waals surface area contributed by atoms with E-state index in [4.69, 9.17) is 18.0 Å². The van der Waals surface area contributed by atoms with Crippen LogP contribution in [0, 0.1) is 0 Å². The molecule has 0 spiro atoms. The summed E-state index contributed by atoms with van der Waals surface area (Å²) in [7, 11) is -2.50. The monoisotopic (exact) mass is 276 g/mol. The summed E-state index contributed by atoms with van der Waals surface area (Å²) < 4.78 is 22.9. The second-order valence-electron chi connectivity index (χ2n) is 3.94. The van der Waals surface area contributed by atoms with Crippen molar-refractivity contribution in [3.63, 3.8) is 0 Å². The molecule has 0 aliphatic carbocycles. The average Bonchev–Trinajstić information content (AvgIpc) is 2.35. The maximum absolute atomic E-state index is 5.79. The smallest absolute Gasteiger partial charge is 0.499 e. The fourth-order valence-electron chi connectivity index (χ4n) is 1.66. The van der Waals surface area contributed by atoms with Crippen molar-refractivity contribution >= 4 is 8.80 Å². The van der Waals surface area contributed by atoms with Gasteiger partial charge in [-0.05, 0) is 41.0 Å². The predicted octanol–water partition coefficient (Wildman–Crippen LogP) is 3.36. The molecule has 0 fully saturated rings. The normalized spacial score (nSPS) is 14.1. The van der Waals surface area contributed by atoms with Crippen LogP contribution in [0.4, 0.5) is 0 Å². The van der Waals surface area contributed by atoms with Crippen LogP contribution in [0.25, 0.3) is 0 Å². The Bertz CT molecular complexity index is 204. The van der Waals surface area contributed by atoms with E-state index < -0.39 is 8.80 Å². The molecule has 0 heterocycles. The van der Waals surface area contributed by atoms with Gasteiger partial charge in [0.25, 0.3) is 0 Å². The van der Waals surface area contributed by atoms with Gasteiger partial charge >= 0.3 is 8.80 Å². The van der Waals surface area contributed by atoms with E-state index in [1.165, 1.54) is 0 Å². The van der Waals surface area contributed by atoms with E-state index in [0.717, 1.165) is 12.5 Å². The zero-order chi connectivity index (χ0) is 13.9. The largest absolute Gasteiger partial charge is 0.501 e. The number of hydrogen-bond acceptors (Lipinski definition) is 4. The molecular weight excluding hydrogens is 248 g/mol. The summed E-state index contributed by atoms with van der Waals surface area (Å²) in [5.41, 5.74) is 0. The molecule has 0 rings (SSSR count). The maximum Gasteiger partial charge on any atom is 0.501 e. The van der Waals surface area contributed by atoms with Crippen LogP contribution in [0.3, 0.4) is 0 Å². The molecule has 0 aromatic carbocycles. The third-order valence-electron chi connectivity index (χ3n) is 2.40. The summed E-state index contributed by atoms with van der Waals surface area (Å²) in [5.74, 6) is 0. The third kappa shape index (κ3) is 7.16. The first kappa shape index (κ1) is 17.6. The molecule has 108 valence electrons. The van der Waals surface area contributed by atoms with Crippen molar-refractivity contribution in [2.45, 2.75) is 53.2 Å². The first-order valence-corrected chi connectivity index (χ1v) is 8.75. The second kappa shape index (κ2) is 10.5. The van der Waals surface area contributed by atoms with Crippen LogP contribution in [0.1, 0.15) is 41.0 Å². The Hall–Kier alpha value is -0.363. The van der Waals surface area contributed by atoms with Crippen molar-refractivity contribution < 1.29 is 18.0 Å². The third-order valence-corrected chi connectivity index (χ3v) is 5.48. The van der Waals surface area contributed by atoms with E-state index in [9.17, 15) is 0 Å². The van der Waals surface area contributed by atoms with E-state index in [0.29, 0.717) is 19.8 Å². The Balaban J connectivity index is 4.36. The fourth-order valence-corrected chi connectivity index (χ4v) is 4.42. The van der Waals surface area contributed by atoms with Gasteiger partial charge < -0.3 is 18.0 Å². The van der Waals surface area contributed by atoms with Crippen LogP contribution in [0.2, 0.25) is 6.04 Å². The van der Waals surface area contributed by atoms with Crippen molar-refractivity contribution in [1.29, 1.82) is 0 Å². The van der Waals surface area contributed by atoms with Crippen molar-refractivity contribution in [3.05, 3.63) is 12.3 Å². The van der Waals surface area contributed by atoms with Crippen LogP contribution >= 0.6 is 0 Å². The van der Waals surface area contributed by atoms with Gasteiger partial charge in [-0.2, -0.15) is 0 Å². The molecule has 1 unspecified atom stereocenters. The first-order chi connectivity index (χ1) is 8.64. The van der Waals surface area contributed by atoms with Crippen molar-refractivity contribution in [2.75, 3.05) is 19.8 Å². The predicted molar refractivity (Wildman–Crippen MR) is 75.4 cm³/mol. The van der Waals surface area contributed by atoms with Gasteiger partial charge in [0.2, 0.25) is 0 Å². The lowest BCUT2D eigenvalue weighted by Crippen LogP contribution is -2.46. The standard InChI is InChI=1S/C13H28O4Si/c1-6-11-14-13(5)10-12-18(15-7-2,16-8-3)17-9-4/h6,11,13H,7-10,12H2,1-5H3/b11-6-. The second-order valence-corrected chi connectivity index (χ2v) is 6.67. The van der Waals surface area contributed by atoms with E-state index in [-0.39, 0.29) is 6.10 Å². The van der Waals surface area contributed by atoms with Gasteiger partial charge in [0.1, 0.15) is 0 Å². The van der Waals surface area contributed by atoms with Gasteiger partial charge in [0, 0.05) is 25.9 Å². The summed E-state index contributed by atoms with van der Waals surface area (Å²) in [6, 6.07) is 0.793. The topological polar surface area (TPSA) is 36.9 Å². The summed E-state index contributed by atoms with van der Waals surface area (Å²) in [6.45, 7) is 11.8. The highest BCUT2D eigenvalue weighted by Crippen LogP contribution is 2.20. The molecule has 0 bridgehead atoms. The average molecular weight is 276 g/mol. The van der Waals surface area contributed by atoms with Crippen LogP contribution in [0.5, 0.6) is 0 Å². The van der Waals surface area contributed by atoms with Crippen LogP contribution < -0.4 is 0 Å². The van der Waals surface area contributed by atoms with E-state index in [2.05, 4.69) is 0 Å². The number of rotatable bonds is 11. The molecule has 0 saturated heterocycles. The summed E-state index contributed by atoms with van der Waals surface area (Å²) >= 11 is 0. The van der Waals surface area contributed by atoms with Crippen LogP contribution in [-0.2, 0) is 18.0 Å². The Morgan fingerprint density at radius 1 is 1.00 bits per heavy atom. The molecule has 4 nitrogen and oxygen atoms in total. The number of ether oxygens (including phenoxy) is 1. The van der Waals surface area contributed by atoms with Gasteiger partial charge in [-0.1, -0.05) is 6.08 Å². The van der Waals surface area contributed by atoms with Gasteiger partial charge in [-0.25, -0.2) is 0 Å². The lowest BCUT2D eigenvalue weighted by atomic mass is 10.3. The molecule has 5 heteroatoms. The highest BCUT2D eigenvalue weighted by Gasteiger charge is 2.40. The lowest BCUT2D eigenvalue weighted by molar-refractivity contribution is 0.0650. The molecule has 0 saturated carbocycles. The summed E-state index contributed by atoms with van der Waals surface area (Å²) in [5, 5.41) is 0. The molecule has 0 radical (unpaired) electrons. The Morgan fingerprint density at radius 2 is 1.50 bits per heavy atom. The van der Waals surface area contributed by atoms with Gasteiger partial charge in [-0.3, -0.25) is 0 Å². The molecule has 0 amide bonds. The molecule has 0 N–H and O–H groups in total. The number of hydrogen-bond donors (Lipinski definition) is 0. The van der Waals surface area contributed by atoms with Crippen LogP contribution in [-0.4, -0.2) is 34.7 Å². The van der Waals surface area contributed by atoms with Crippen molar-refractivity contribution in [2.24, 2.45) is 0 Å². The van der Waals surface area contributed by atoms with Gasteiger partial charge in [-0.15, -0.1) is 0 Å². The molecule has 0 aromatic heterocycles. The van der Waals surface area contributed by atoms with Crippen molar-refractivity contribution in [1.82, 2.24) is 0 Å².